The number of carbonyl (C=O) groups is 1. The second-order valence-electron chi connectivity index (χ2n) is 4.84. The fourth-order valence-corrected chi connectivity index (χ4v) is 2.81. The van der Waals surface area contributed by atoms with Crippen molar-refractivity contribution in [3.63, 3.8) is 0 Å². The summed E-state index contributed by atoms with van der Waals surface area (Å²) in [5.74, 6) is 0.295. The summed E-state index contributed by atoms with van der Waals surface area (Å²) in [5, 5.41) is 3.30. The van der Waals surface area contributed by atoms with E-state index in [0.717, 1.165) is 38.8 Å². The van der Waals surface area contributed by atoms with Crippen LogP contribution in [0.4, 0.5) is 0 Å². The van der Waals surface area contributed by atoms with Gasteiger partial charge >= 0.3 is 0 Å². The monoisotopic (exact) mass is 226 g/mol. The summed E-state index contributed by atoms with van der Waals surface area (Å²) in [7, 11) is 1.76. The van der Waals surface area contributed by atoms with Gasteiger partial charge in [-0.1, -0.05) is 13.3 Å². The normalized spacial score (nSPS) is 35.0. The fraction of sp³-hybridized carbons (Fsp3) is 0.917. The Kier molecular flexibility index (Phi) is 3.82. The van der Waals surface area contributed by atoms with Gasteiger partial charge in [-0.15, -0.1) is 0 Å². The van der Waals surface area contributed by atoms with E-state index in [9.17, 15) is 4.79 Å². The molecule has 4 heteroatoms. The summed E-state index contributed by atoms with van der Waals surface area (Å²) in [6, 6.07) is 0.457. The molecule has 0 aromatic carbocycles. The molecular formula is C12H22N2O2. The number of carbonyl (C=O) groups excluding carboxylic acids is 1. The van der Waals surface area contributed by atoms with E-state index in [2.05, 4.69) is 12.2 Å². The molecule has 1 saturated carbocycles. The Morgan fingerprint density at radius 3 is 2.94 bits per heavy atom. The highest BCUT2D eigenvalue weighted by Gasteiger charge is 2.38. The smallest absolute Gasteiger partial charge is 0.241 e. The van der Waals surface area contributed by atoms with Crippen LogP contribution in [0.3, 0.4) is 0 Å². The van der Waals surface area contributed by atoms with E-state index in [4.69, 9.17) is 4.74 Å². The predicted molar refractivity (Wildman–Crippen MR) is 62.0 cm³/mol. The lowest BCUT2D eigenvalue weighted by molar-refractivity contribution is -0.131. The van der Waals surface area contributed by atoms with Crippen molar-refractivity contribution >= 4 is 5.91 Å². The third-order valence-electron chi connectivity index (χ3n) is 3.80. The van der Waals surface area contributed by atoms with E-state index >= 15 is 0 Å². The molecule has 3 unspecified atom stereocenters. The van der Waals surface area contributed by atoms with Crippen LogP contribution < -0.4 is 5.32 Å². The molecule has 1 amide bonds. The van der Waals surface area contributed by atoms with Crippen molar-refractivity contribution < 1.29 is 9.53 Å². The summed E-state index contributed by atoms with van der Waals surface area (Å²) in [5.41, 5.74) is 0. The van der Waals surface area contributed by atoms with Gasteiger partial charge in [0.25, 0.3) is 0 Å². The number of hydrogen-bond donors (Lipinski definition) is 1. The highest BCUT2D eigenvalue weighted by molar-refractivity contribution is 5.84. The van der Waals surface area contributed by atoms with Crippen molar-refractivity contribution in [2.45, 2.75) is 57.2 Å². The molecule has 0 aromatic heterocycles. The Balaban J connectivity index is 1.89. The third kappa shape index (κ3) is 2.23. The first kappa shape index (κ1) is 11.9. The number of rotatable bonds is 4. The van der Waals surface area contributed by atoms with Gasteiger partial charge in [0.1, 0.15) is 0 Å². The zero-order chi connectivity index (χ0) is 11.5. The van der Waals surface area contributed by atoms with E-state index in [1.807, 2.05) is 4.90 Å². The molecule has 1 saturated heterocycles. The molecule has 0 aromatic rings. The van der Waals surface area contributed by atoms with Gasteiger partial charge in [0.05, 0.1) is 18.8 Å². The van der Waals surface area contributed by atoms with Gasteiger partial charge in [0.15, 0.2) is 0 Å². The molecule has 1 aliphatic heterocycles. The number of nitrogens with one attached hydrogen (secondary N) is 1. The molecule has 0 bridgehead atoms. The summed E-state index contributed by atoms with van der Waals surface area (Å²) in [6.07, 6.45) is 5.54. The third-order valence-corrected chi connectivity index (χ3v) is 3.80. The summed E-state index contributed by atoms with van der Waals surface area (Å²) in [4.78, 5) is 14.1. The van der Waals surface area contributed by atoms with Crippen molar-refractivity contribution in [3.8, 4) is 0 Å². The molecule has 1 heterocycles. The van der Waals surface area contributed by atoms with Crippen molar-refractivity contribution in [2.24, 2.45) is 0 Å². The quantitative estimate of drug-likeness (QED) is 0.781. The van der Waals surface area contributed by atoms with Crippen LogP contribution in [0, 0.1) is 0 Å². The zero-order valence-electron chi connectivity index (χ0n) is 10.2. The average molecular weight is 226 g/mol. The Hall–Kier alpha value is -0.610. The minimum atomic E-state index is 0.0617. The van der Waals surface area contributed by atoms with Crippen molar-refractivity contribution in [1.82, 2.24) is 10.2 Å². The minimum Gasteiger partial charge on any atom is -0.381 e. The van der Waals surface area contributed by atoms with Crippen LogP contribution in [-0.4, -0.2) is 42.8 Å². The highest BCUT2D eigenvalue weighted by Crippen LogP contribution is 2.28. The summed E-state index contributed by atoms with van der Waals surface area (Å²) in [6.45, 7) is 2.85. The molecule has 1 N–H and O–H groups in total. The molecule has 2 rings (SSSR count). The molecule has 1 aliphatic carbocycles. The van der Waals surface area contributed by atoms with Crippen molar-refractivity contribution in [1.29, 1.82) is 0 Å². The zero-order valence-corrected chi connectivity index (χ0v) is 10.2. The molecule has 4 nitrogen and oxygen atoms in total. The fourth-order valence-electron chi connectivity index (χ4n) is 2.81. The van der Waals surface area contributed by atoms with Crippen LogP contribution in [0.25, 0.3) is 0 Å². The molecule has 16 heavy (non-hydrogen) atoms. The van der Waals surface area contributed by atoms with Gasteiger partial charge in [0, 0.05) is 13.2 Å². The first-order valence-corrected chi connectivity index (χ1v) is 6.33. The van der Waals surface area contributed by atoms with E-state index in [0.29, 0.717) is 18.1 Å². The van der Waals surface area contributed by atoms with Gasteiger partial charge in [-0.2, -0.15) is 0 Å². The van der Waals surface area contributed by atoms with Crippen LogP contribution in [0.1, 0.15) is 39.0 Å². The number of hydrogen-bond acceptors (Lipinski definition) is 3. The Morgan fingerprint density at radius 2 is 2.31 bits per heavy atom. The Bertz CT molecular complexity index is 257. The summed E-state index contributed by atoms with van der Waals surface area (Å²) < 4.78 is 5.35. The number of methoxy groups -OCH3 is 1. The van der Waals surface area contributed by atoms with Crippen LogP contribution in [0.2, 0.25) is 0 Å². The molecule has 92 valence electrons. The molecule has 0 radical (unpaired) electrons. The van der Waals surface area contributed by atoms with E-state index in [-0.39, 0.29) is 6.04 Å². The Labute approximate surface area is 97.3 Å². The molecule has 2 fully saturated rings. The number of nitrogens with zero attached hydrogens (tertiary/aromatic N) is 1. The van der Waals surface area contributed by atoms with Crippen LogP contribution in [0.15, 0.2) is 0 Å². The second-order valence-corrected chi connectivity index (χ2v) is 4.84. The first-order chi connectivity index (χ1) is 7.76. The van der Waals surface area contributed by atoms with Crippen molar-refractivity contribution in [3.05, 3.63) is 0 Å². The standard InChI is InChI=1S/C12H22N2O2/c1-3-4-11-12(15)14(8-13-11)9-5-6-10(7-9)16-2/h9-11,13H,3-8H2,1-2H3. The molecule has 2 aliphatic rings. The maximum absolute atomic E-state index is 12.1. The maximum atomic E-state index is 12.1. The van der Waals surface area contributed by atoms with Crippen molar-refractivity contribution in [2.75, 3.05) is 13.8 Å². The van der Waals surface area contributed by atoms with E-state index in [1.165, 1.54) is 0 Å². The maximum Gasteiger partial charge on any atom is 0.241 e. The first-order valence-electron chi connectivity index (χ1n) is 6.33. The van der Waals surface area contributed by atoms with Crippen LogP contribution >= 0.6 is 0 Å². The lowest BCUT2D eigenvalue weighted by Crippen LogP contribution is -2.37. The van der Waals surface area contributed by atoms with E-state index in [1.54, 1.807) is 7.11 Å². The SMILES string of the molecule is CCCC1NCN(C2CCC(OC)C2)C1=O. The largest absolute Gasteiger partial charge is 0.381 e. The van der Waals surface area contributed by atoms with Gasteiger partial charge in [-0.3, -0.25) is 10.1 Å². The van der Waals surface area contributed by atoms with Gasteiger partial charge < -0.3 is 9.64 Å². The Morgan fingerprint density at radius 1 is 1.50 bits per heavy atom. The summed E-state index contributed by atoms with van der Waals surface area (Å²) >= 11 is 0. The van der Waals surface area contributed by atoms with E-state index < -0.39 is 0 Å². The topological polar surface area (TPSA) is 41.6 Å². The lowest BCUT2D eigenvalue weighted by atomic mass is 10.1. The van der Waals surface area contributed by atoms with Crippen LogP contribution in [0.5, 0.6) is 0 Å². The van der Waals surface area contributed by atoms with Gasteiger partial charge in [-0.05, 0) is 25.7 Å². The molecule has 0 spiro atoms. The number of ether oxygens (including phenoxy) is 1. The highest BCUT2D eigenvalue weighted by atomic mass is 16.5. The second kappa shape index (κ2) is 5.15. The average Bonchev–Trinajstić information content (AvgIpc) is 2.87. The molecule has 3 atom stereocenters. The van der Waals surface area contributed by atoms with Crippen LogP contribution in [-0.2, 0) is 9.53 Å². The van der Waals surface area contributed by atoms with Gasteiger partial charge in [0.2, 0.25) is 5.91 Å². The minimum absolute atomic E-state index is 0.0617. The van der Waals surface area contributed by atoms with Gasteiger partial charge in [-0.25, -0.2) is 0 Å². The molecular weight excluding hydrogens is 204 g/mol. The predicted octanol–water partition coefficient (Wildman–Crippen LogP) is 1.11. The lowest BCUT2D eigenvalue weighted by Gasteiger charge is -2.23. The number of amides is 1.